The fraction of sp³-hybridized carbons (Fsp3) is 0.588. The summed E-state index contributed by atoms with van der Waals surface area (Å²) in [4.78, 5) is 6.36. The van der Waals surface area contributed by atoms with Crippen LogP contribution in [0.15, 0.2) is 23.2 Å². The minimum Gasteiger partial charge on any atom is -0.494 e. The van der Waals surface area contributed by atoms with Crippen LogP contribution in [-0.2, 0) is 16.6 Å². The third kappa shape index (κ3) is 7.57. The maximum Gasteiger partial charge on any atom is 0.209 e. The summed E-state index contributed by atoms with van der Waals surface area (Å²) in [5, 5.41) is 3.16. The molecular weight excluding hydrogens is 359 g/mol. The van der Waals surface area contributed by atoms with Gasteiger partial charge in [0.15, 0.2) is 17.5 Å². The van der Waals surface area contributed by atoms with E-state index in [1.54, 1.807) is 26.0 Å². The van der Waals surface area contributed by atoms with Crippen molar-refractivity contribution in [2.45, 2.75) is 32.9 Å². The molecule has 0 heterocycles. The number of benzene rings is 1. The highest BCUT2D eigenvalue weighted by Crippen LogP contribution is 2.18. The average molecular weight is 389 g/mol. The number of nitrogens with zero attached hydrogens (tertiary/aromatic N) is 2. The Morgan fingerprint density at radius 2 is 2.04 bits per heavy atom. The standard InChI is InChI=1S/C17H29FN4O3S/c1-7-19-16(20-12-17(2,3)21-26(6,23)24)22(4)11-13-8-9-15(25-5)14(18)10-13/h8-10,21H,7,11-12H2,1-6H3,(H,19,20). The summed E-state index contributed by atoms with van der Waals surface area (Å²) < 4.78 is 44.2. The molecule has 0 fully saturated rings. The van der Waals surface area contributed by atoms with Gasteiger partial charge in [-0.15, -0.1) is 0 Å². The summed E-state index contributed by atoms with van der Waals surface area (Å²) in [6.45, 7) is 6.81. The number of guanidine groups is 1. The fourth-order valence-corrected chi connectivity index (χ4v) is 3.50. The number of rotatable bonds is 8. The van der Waals surface area contributed by atoms with Gasteiger partial charge < -0.3 is 15.0 Å². The average Bonchev–Trinajstić information content (AvgIpc) is 2.49. The van der Waals surface area contributed by atoms with Crippen molar-refractivity contribution in [1.82, 2.24) is 14.9 Å². The topological polar surface area (TPSA) is 83.0 Å². The molecule has 0 aliphatic carbocycles. The van der Waals surface area contributed by atoms with E-state index in [2.05, 4.69) is 15.0 Å². The van der Waals surface area contributed by atoms with Crippen LogP contribution >= 0.6 is 0 Å². The zero-order chi connectivity index (χ0) is 20.0. The molecular formula is C17H29FN4O3S. The highest BCUT2D eigenvalue weighted by Gasteiger charge is 2.22. The summed E-state index contributed by atoms with van der Waals surface area (Å²) in [5.74, 6) is 0.386. The quantitative estimate of drug-likeness (QED) is 0.522. The first-order chi connectivity index (χ1) is 12.0. The van der Waals surface area contributed by atoms with Crippen LogP contribution in [0.2, 0.25) is 0 Å². The number of methoxy groups -OCH3 is 1. The Bertz CT molecular complexity index is 736. The Balaban J connectivity index is 2.89. The van der Waals surface area contributed by atoms with Gasteiger partial charge in [-0.05, 0) is 38.5 Å². The molecule has 0 saturated heterocycles. The minimum atomic E-state index is -3.33. The molecule has 0 amide bonds. The summed E-state index contributed by atoms with van der Waals surface area (Å²) in [5.41, 5.74) is 0.0475. The molecule has 0 atom stereocenters. The molecule has 7 nitrogen and oxygen atoms in total. The smallest absolute Gasteiger partial charge is 0.209 e. The SMILES string of the molecule is CCNC(=NCC(C)(C)NS(C)(=O)=O)N(C)Cc1ccc(OC)c(F)c1. The second-order valence-electron chi connectivity index (χ2n) is 6.75. The number of ether oxygens (including phenoxy) is 1. The van der Waals surface area contributed by atoms with E-state index in [1.165, 1.54) is 13.2 Å². The van der Waals surface area contributed by atoms with Crippen LogP contribution in [0.5, 0.6) is 5.75 Å². The van der Waals surface area contributed by atoms with Crippen LogP contribution in [0.3, 0.4) is 0 Å². The van der Waals surface area contributed by atoms with E-state index >= 15 is 0 Å². The maximum atomic E-state index is 13.9. The number of aliphatic imine (C=N–C) groups is 1. The Hall–Kier alpha value is -1.87. The van der Waals surface area contributed by atoms with Crippen molar-refractivity contribution < 1.29 is 17.5 Å². The van der Waals surface area contributed by atoms with E-state index < -0.39 is 21.4 Å². The Labute approximate surface area is 155 Å². The lowest BCUT2D eigenvalue weighted by atomic mass is 10.1. The zero-order valence-electron chi connectivity index (χ0n) is 16.3. The number of hydrogen-bond donors (Lipinski definition) is 2. The Morgan fingerprint density at radius 1 is 1.38 bits per heavy atom. The highest BCUT2D eigenvalue weighted by atomic mass is 32.2. The van der Waals surface area contributed by atoms with E-state index in [-0.39, 0.29) is 12.3 Å². The second kappa shape index (κ2) is 9.18. The molecule has 0 aromatic heterocycles. The van der Waals surface area contributed by atoms with Gasteiger partial charge in [0.1, 0.15) is 0 Å². The molecule has 9 heteroatoms. The van der Waals surface area contributed by atoms with Gasteiger partial charge in [-0.3, -0.25) is 4.99 Å². The number of hydrogen-bond acceptors (Lipinski definition) is 4. The third-order valence-electron chi connectivity index (χ3n) is 3.42. The van der Waals surface area contributed by atoms with Crippen LogP contribution in [0.25, 0.3) is 0 Å². The van der Waals surface area contributed by atoms with Crippen molar-refractivity contribution in [3.8, 4) is 5.75 Å². The molecule has 26 heavy (non-hydrogen) atoms. The maximum absolute atomic E-state index is 13.9. The Morgan fingerprint density at radius 3 is 2.54 bits per heavy atom. The molecule has 1 aromatic carbocycles. The minimum absolute atomic E-state index is 0.200. The second-order valence-corrected chi connectivity index (χ2v) is 8.50. The van der Waals surface area contributed by atoms with Gasteiger partial charge in [0.2, 0.25) is 10.0 Å². The molecule has 0 radical (unpaired) electrons. The summed E-state index contributed by atoms with van der Waals surface area (Å²) in [6, 6.07) is 4.80. The van der Waals surface area contributed by atoms with Gasteiger partial charge >= 0.3 is 0 Å². The molecule has 2 N–H and O–H groups in total. The summed E-state index contributed by atoms with van der Waals surface area (Å²) in [6.07, 6.45) is 1.12. The van der Waals surface area contributed by atoms with Gasteiger partial charge in [-0.1, -0.05) is 6.07 Å². The van der Waals surface area contributed by atoms with Crippen molar-refractivity contribution >= 4 is 16.0 Å². The number of halogens is 1. The molecule has 0 bridgehead atoms. The molecule has 0 saturated carbocycles. The lowest BCUT2D eigenvalue weighted by molar-refractivity contribution is 0.385. The summed E-state index contributed by atoms with van der Waals surface area (Å²) in [7, 11) is -0.0720. The first-order valence-corrected chi connectivity index (χ1v) is 10.2. The molecule has 148 valence electrons. The van der Waals surface area contributed by atoms with Crippen LogP contribution in [0.1, 0.15) is 26.3 Å². The fourth-order valence-electron chi connectivity index (χ4n) is 2.43. The van der Waals surface area contributed by atoms with Crippen LogP contribution < -0.4 is 14.8 Å². The lowest BCUT2D eigenvalue weighted by Crippen LogP contribution is -2.46. The van der Waals surface area contributed by atoms with Gasteiger partial charge in [0.05, 0.1) is 19.9 Å². The van der Waals surface area contributed by atoms with Gasteiger partial charge in [0, 0.05) is 25.7 Å². The molecule has 1 rings (SSSR count). The molecule has 0 aliphatic heterocycles. The third-order valence-corrected chi connectivity index (χ3v) is 4.34. The number of nitrogens with one attached hydrogen (secondary N) is 2. The van der Waals surface area contributed by atoms with E-state index in [0.29, 0.717) is 19.0 Å². The monoisotopic (exact) mass is 388 g/mol. The molecule has 0 spiro atoms. The van der Waals surface area contributed by atoms with Crippen molar-refractivity contribution in [3.63, 3.8) is 0 Å². The van der Waals surface area contributed by atoms with Gasteiger partial charge in [-0.2, -0.15) is 0 Å². The highest BCUT2D eigenvalue weighted by molar-refractivity contribution is 7.88. The molecule has 0 unspecified atom stereocenters. The first kappa shape index (κ1) is 22.2. The van der Waals surface area contributed by atoms with Crippen molar-refractivity contribution in [1.29, 1.82) is 0 Å². The van der Waals surface area contributed by atoms with E-state index in [1.807, 2.05) is 18.9 Å². The Kier molecular flexibility index (Phi) is 7.83. The van der Waals surface area contributed by atoms with Crippen LogP contribution in [0.4, 0.5) is 4.39 Å². The summed E-state index contributed by atoms with van der Waals surface area (Å²) >= 11 is 0. The van der Waals surface area contributed by atoms with E-state index in [0.717, 1.165) is 11.8 Å². The first-order valence-electron chi connectivity index (χ1n) is 8.28. The molecule has 0 aliphatic rings. The van der Waals surface area contributed by atoms with Crippen molar-refractivity contribution in [2.24, 2.45) is 4.99 Å². The van der Waals surface area contributed by atoms with E-state index in [4.69, 9.17) is 4.74 Å². The molecule has 1 aromatic rings. The number of sulfonamides is 1. The van der Waals surface area contributed by atoms with Gasteiger partial charge in [0.25, 0.3) is 0 Å². The van der Waals surface area contributed by atoms with Crippen LogP contribution in [0, 0.1) is 5.82 Å². The van der Waals surface area contributed by atoms with Crippen molar-refractivity contribution in [3.05, 3.63) is 29.6 Å². The van der Waals surface area contributed by atoms with Crippen LogP contribution in [-0.4, -0.2) is 58.3 Å². The van der Waals surface area contributed by atoms with E-state index in [9.17, 15) is 12.8 Å². The van der Waals surface area contributed by atoms with Gasteiger partial charge in [-0.25, -0.2) is 17.5 Å². The predicted octanol–water partition coefficient (Wildman–Crippen LogP) is 1.56. The lowest BCUT2D eigenvalue weighted by Gasteiger charge is -2.26. The largest absolute Gasteiger partial charge is 0.494 e. The predicted molar refractivity (Wildman–Crippen MR) is 102 cm³/mol. The normalized spacial score (nSPS) is 12.8. The zero-order valence-corrected chi connectivity index (χ0v) is 17.1. The van der Waals surface area contributed by atoms with Crippen molar-refractivity contribution in [2.75, 3.05) is 33.5 Å².